The first-order valence-corrected chi connectivity index (χ1v) is 9.81. The Morgan fingerprint density at radius 2 is 1.38 bits per heavy atom. The van der Waals surface area contributed by atoms with Gasteiger partial charge in [0, 0.05) is 0 Å². The van der Waals surface area contributed by atoms with Crippen molar-refractivity contribution in [2.45, 2.75) is 19.8 Å². The predicted molar refractivity (Wildman–Crippen MR) is 115 cm³/mol. The molecule has 144 valence electrons. The molecule has 0 bridgehead atoms. The van der Waals surface area contributed by atoms with Crippen molar-refractivity contribution < 1.29 is 9.67 Å². The molecule has 0 aliphatic carbocycles. The van der Waals surface area contributed by atoms with Gasteiger partial charge in [0.25, 0.3) is 5.88 Å². The molecule has 0 spiro atoms. The van der Waals surface area contributed by atoms with Crippen LogP contribution in [0.1, 0.15) is 18.9 Å². The second-order valence-corrected chi connectivity index (χ2v) is 6.89. The number of rotatable bonds is 5. The van der Waals surface area contributed by atoms with E-state index in [1.807, 2.05) is 97.9 Å². The van der Waals surface area contributed by atoms with Crippen LogP contribution in [0, 0.1) is 0 Å². The van der Waals surface area contributed by atoms with Crippen LogP contribution in [0.2, 0.25) is 0 Å². The molecule has 4 aromatic rings. The highest BCUT2D eigenvalue weighted by Crippen LogP contribution is 2.24. The van der Waals surface area contributed by atoms with Crippen molar-refractivity contribution in [3.8, 4) is 28.6 Å². The Morgan fingerprint density at radius 3 is 1.97 bits per heavy atom. The Labute approximate surface area is 170 Å². The summed E-state index contributed by atoms with van der Waals surface area (Å²) in [6, 6.07) is 28.9. The quantitative estimate of drug-likeness (QED) is 0.518. The van der Waals surface area contributed by atoms with Gasteiger partial charge in [-0.2, -0.15) is 9.13 Å². The molecule has 1 aromatic heterocycles. The van der Waals surface area contributed by atoms with E-state index in [1.165, 1.54) is 0 Å². The number of hydrogen-bond acceptors (Lipinski definition) is 2. The molecule has 29 heavy (non-hydrogen) atoms. The van der Waals surface area contributed by atoms with Crippen LogP contribution in [0.25, 0.3) is 22.8 Å². The maximum atomic E-state index is 13.5. The summed E-state index contributed by atoms with van der Waals surface area (Å²) in [5.41, 5.74) is 2.63. The zero-order chi connectivity index (χ0) is 20.2. The molecule has 4 rings (SSSR count). The van der Waals surface area contributed by atoms with Crippen molar-refractivity contribution >= 4 is 0 Å². The van der Waals surface area contributed by atoms with Gasteiger partial charge in [-0.3, -0.25) is 0 Å². The minimum atomic E-state index is -0.193. The van der Waals surface area contributed by atoms with Crippen LogP contribution >= 0.6 is 0 Å². The van der Waals surface area contributed by atoms with Crippen molar-refractivity contribution in [1.29, 1.82) is 0 Å². The Morgan fingerprint density at radius 1 is 0.828 bits per heavy atom. The molecule has 1 heterocycles. The molecule has 3 aromatic carbocycles. The van der Waals surface area contributed by atoms with Crippen LogP contribution in [-0.4, -0.2) is 9.67 Å². The summed E-state index contributed by atoms with van der Waals surface area (Å²) >= 11 is 0. The second kappa shape index (κ2) is 8.15. The average molecular weight is 383 g/mol. The molecule has 4 heteroatoms. The fourth-order valence-corrected chi connectivity index (χ4v) is 3.61. The highest BCUT2D eigenvalue weighted by Gasteiger charge is 2.31. The predicted octanol–water partition coefficient (Wildman–Crippen LogP) is 4.44. The molecule has 1 N–H and O–H groups in total. The molecule has 0 aliphatic rings. The molecule has 0 atom stereocenters. The summed E-state index contributed by atoms with van der Waals surface area (Å²) < 4.78 is 3.47. The minimum Gasteiger partial charge on any atom is -0.477 e. The summed E-state index contributed by atoms with van der Waals surface area (Å²) in [5.74, 6) is 0.611. The SMILES string of the molecule is CCCc1c(O)[n+](-c2ccccc2)c(-c2ccccc2)n(-c2ccccc2)c1=O. The van der Waals surface area contributed by atoms with E-state index in [-0.39, 0.29) is 11.4 Å². The fourth-order valence-electron chi connectivity index (χ4n) is 3.61. The zero-order valence-corrected chi connectivity index (χ0v) is 16.3. The van der Waals surface area contributed by atoms with Crippen molar-refractivity contribution in [2.24, 2.45) is 0 Å². The molecule has 4 nitrogen and oxygen atoms in total. The zero-order valence-electron chi connectivity index (χ0n) is 16.3. The lowest BCUT2D eigenvalue weighted by Gasteiger charge is -2.15. The van der Waals surface area contributed by atoms with E-state index in [9.17, 15) is 9.90 Å². The first-order chi connectivity index (χ1) is 14.2. The summed E-state index contributed by atoms with van der Waals surface area (Å²) in [4.78, 5) is 13.5. The summed E-state index contributed by atoms with van der Waals surface area (Å²) in [6.45, 7) is 2.00. The van der Waals surface area contributed by atoms with Crippen LogP contribution in [0.5, 0.6) is 5.88 Å². The van der Waals surface area contributed by atoms with Crippen LogP contribution in [0.15, 0.2) is 95.8 Å². The number of nitrogens with zero attached hydrogens (tertiary/aromatic N) is 2. The molecule has 0 fully saturated rings. The average Bonchev–Trinajstić information content (AvgIpc) is 2.78. The molecule has 0 saturated heterocycles. The third kappa shape index (κ3) is 3.45. The Balaban J connectivity index is 2.20. The van der Waals surface area contributed by atoms with E-state index in [0.29, 0.717) is 17.8 Å². The van der Waals surface area contributed by atoms with E-state index in [4.69, 9.17) is 0 Å². The van der Waals surface area contributed by atoms with Crippen molar-refractivity contribution in [2.75, 3.05) is 0 Å². The first kappa shape index (κ1) is 18.7. The Hall–Kier alpha value is -3.66. The fraction of sp³-hybridized carbons (Fsp3) is 0.120. The second-order valence-electron chi connectivity index (χ2n) is 6.89. The maximum Gasteiger partial charge on any atom is 0.350 e. The van der Waals surface area contributed by atoms with E-state index < -0.39 is 0 Å². The van der Waals surface area contributed by atoms with Crippen molar-refractivity contribution in [3.05, 3.63) is 107 Å². The highest BCUT2D eigenvalue weighted by molar-refractivity contribution is 5.57. The number of para-hydroxylation sites is 2. The lowest BCUT2D eigenvalue weighted by atomic mass is 10.1. The van der Waals surface area contributed by atoms with Gasteiger partial charge in [0.1, 0.15) is 16.9 Å². The smallest absolute Gasteiger partial charge is 0.350 e. The summed E-state index contributed by atoms with van der Waals surface area (Å²) in [7, 11) is 0. The van der Waals surface area contributed by atoms with Crippen molar-refractivity contribution in [3.63, 3.8) is 0 Å². The molecule has 0 unspecified atom stereocenters. The molecule has 0 amide bonds. The molecular formula is C25H23N2O2+. The molecule has 0 radical (unpaired) electrons. The van der Waals surface area contributed by atoms with Gasteiger partial charge < -0.3 is 5.11 Å². The number of benzene rings is 3. The van der Waals surface area contributed by atoms with E-state index in [2.05, 4.69) is 0 Å². The standard InChI is InChI=1S/C25H22N2O2/c1-2-12-22-24(28)26(20-15-8-4-9-16-20)23(19-13-6-3-7-14-19)27(25(22)29)21-17-10-5-11-18-21/h3-11,13-18H,2,12H2,1H3/p+1. The van der Waals surface area contributed by atoms with Gasteiger partial charge in [-0.05, 0) is 42.8 Å². The van der Waals surface area contributed by atoms with E-state index >= 15 is 0 Å². The first-order valence-electron chi connectivity index (χ1n) is 9.81. The lowest BCUT2D eigenvalue weighted by Crippen LogP contribution is -2.43. The Kier molecular flexibility index (Phi) is 5.25. The van der Waals surface area contributed by atoms with Gasteiger partial charge >= 0.3 is 11.4 Å². The van der Waals surface area contributed by atoms with E-state index in [0.717, 1.165) is 23.4 Å². The van der Waals surface area contributed by atoms with Crippen LogP contribution < -0.4 is 10.1 Å². The third-order valence-corrected chi connectivity index (χ3v) is 4.93. The van der Waals surface area contributed by atoms with Crippen LogP contribution in [0.3, 0.4) is 0 Å². The van der Waals surface area contributed by atoms with Crippen molar-refractivity contribution in [1.82, 2.24) is 4.57 Å². The third-order valence-electron chi connectivity index (χ3n) is 4.93. The number of aromatic hydroxyl groups is 1. The van der Waals surface area contributed by atoms with Gasteiger partial charge in [-0.25, -0.2) is 4.79 Å². The number of hydrogen-bond donors (Lipinski definition) is 1. The largest absolute Gasteiger partial charge is 0.477 e. The highest BCUT2D eigenvalue weighted by atomic mass is 16.3. The molecular weight excluding hydrogens is 360 g/mol. The van der Waals surface area contributed by atoms with Gasteiger partial charge in [0.15, 0.2) is 0 Å². The van der Waals surface area contributed by atoms with Gasteiger partial charge in [0.05, 0.1) is 5.56 Å². The molecule has 0 aliphatic heterocycles. The van der Waals surface area contributed by atoms with Gasteiger partial charge in [0.2, 0.25) is 0 Å². The molecule has 0 saturated carbocycles. The monoisotopic (exact) mass is 383 g/mol. The van der Waals surface area contributed by atoms with Gasteiger partial charge in [-0.1, -0.05) is 67.9 Å². The van der Waals surface area contributed by atoms with E-state index in [1.54, 1.807) is 9.13 Å². The maximum absolute atomic E-state index is 13.5. The number of aromatic nitrogens is 2. The van der Waals surface area contributed by atoms with Gasteiger partial charge in [-0.15, -0.1) is 0 Å². The Bertz CT molecular complexity index is 1170. The van der Waals surface area contributed by atoms with Crippen LogP contribution in [0.4, 0.5) is 0 Å². The normalized spacial score (nSPS) is 10.8. The lowest BCUT2D eigenvalue weighted by molar-refractivity contribution is -0.597. The minimum absolute atomic E-state index is 0.00548. The summed E-state index contributed by atoms with van der Waals surface area (Å²) in [5, 5.41) is 11.2. The summed E-state index contributed by atoms with van der Waals surface area (Å²) in [6.07, 6.45) is 1.26. The topological polar surface area (TPSA) is 46.1 Å². The van der Waals surface area contributed by atoms with Crippen LogP contribution in [-0.2, 0) is 6.42 Å².